The standard InChI is InChI=1S/C15H13FO4/c1-8(15(19)20)9-2-4-11(12(16)6-9)10-3-5-13(17)14(18)7-10/h2-8,17-18H,1H3,(H,19,20)/t8-/m1/s1. The van der Waals surface area contributed by atoms with Crippen LogP contribution in [0.1, 0.15) is 18.4 Å². The van der Waals surface area contributed by atoms with Crippen LogP contribution in [0.3, 0.4) is 0 Å². The van der Waals surface area contributed by atoms with E-state index in [0.29, 0.717) is 11.1 Å². The SMILES string of the molecule is C[C@@H](C(=O)O)c1ccc(-c2ccc(O)c(O)c2)c(F)c1. The van der Waals surface area contributed by atoms with Crippen molar-refractivity contribution in [2.24, 2.45) is 0 Å². The molecule has 104 valence electrons. The minimum Gasteiger partial charge on any atom is -0.504 e. The molecule has 0 amide bonds. The van der Waals surface area contributed by atoms with E-state index in [-0.39, 0.29) is 17.1 Å². The molecule has 5 heteroatoms. The molecule has 0 aliphatic carbocycles. The summed E-state index contributed by atoms with van der Waals surface area (Å²) in [6, 6.07) is 8.12. The van der Waals surface area contributed by atoms with Crippen molar-refractivity contribution in [2.45, 2.75) is 12.8 Å². The number of carboxylic acids is 1. The van der Waals surface area contributed by atoms with E-state index in [1.54, 1.807) is 0 Å². The summed E-state index contributed by atoms with van der Waals surface area (Å²) in [4.78, 5) is 10.9. The largest absolute Gasteiger partial charge is 0.504 e. The van der Waals surface area contributed by atoms with Gasteiger partial charge in [-0.3, -0.25) is 4.79 Å². The predicted octanol–water partition coefficient (Wildman–Crippen LogP) is 3.09. The van der Waals surface area contributed by atoms with Gasteiger partial charge in [0.05, 0.1) is 5.92 Å². The third-order valence-electron chi connectivity index (χ3n) is 3.15. The predicted molar refractivity (Wildman–Crippen MR) is 71.2 cm³/mol. The first-order chi connectivity index (χ1) is 9.40. The zero-order valence-corrected chi connectivity index (χ0v) is 10.7. The maximum absolute atomic E-state index is 14.1. The summed E-state index contributed by atoms with van der Waals surface area (Å²) in [6.07, 6.45) is 0. The number of hydrogen-bond donors (Lipinski definition) is 3. The van der Waals surface area contributed by atoms with Gasteiger partial charge in [-0.15, -0.1) is 0 Å². The molecule has 4 nitrogen and oxygen atoms in total. The van der Waals surface area contributed by atoms with Crippen LogP contribution in [0.15, 0.2) is 36.4 Å². The van der Waals surface area contributed by atoms with Gasteiger partial charge in [0.15, 0.2) is 11.5 Å². The number of phenols is 2. The van der Waals surface area contributed by atoms with Gasteiger partial charge < -0.3 is 15.3 Å². The molecule has 2 rings (SSSR count). The summed E-state index contributed by atoms with van der Waals surface area (Å²) < 4.78 is 14.1. The second-order valence-electron chi connectivity index (χ2n) is 4.50. The van der Waals surface area contributed by atoms with Crippen molar-refractivity contribution in [1.82, 2.24) is 0 Å². The first-order valence-corrected chi connectivity index (χ1v) is 5.94. The molecule has 0 fully saturated rings. The number of carboxylic acid groups (broad SMARTS) is 1. The number of halogens is 1. The van der Waals surface area contributed by atoms with Crippen LogP contribution < -0.4 is 0 Å². The summed E-state index contributed by atoms with van der Waals surface area (Å²) in [6.45, 7) is 1.48. The molecule has 0 radical (unpaired) electrons. The van der Waals surface area contributed by atoms with E-state index in [1.165, 1.54) is 37.3 Å². The number of carbonyl (C=O) groups is 1. The molecule has 0 spiro atoms. The van der Waals surface area contributed by atoms with Crippen molar-refractivity contribution in [1.29, 1.82) is 0 Å². The summed E-state index contributed by atoms with van der Waals surface area (Å²) in [5.74, 6) is -3.04. The highest BCUT2D eigenvalue weighted by Crippen LogP contribution is 2.32. The molecular formula is C15H13FO4. The second kappa shape index (κ2) is 5.21. The number of aromatic hydroxyl groups is 2. The number of phenolic OH excluding ortho intramolecular Hbond substituents is 2. The monoisotopic (exact) mass is 276 g/mol. The quantitative estimate of drug-likeness (QED) is 0.753. The zero-order chi connectivity index (χ0) is 14.9. The van der Waals surface area contributed by atoms with Crippen LogP contribution in [0, 0.1) is 5.82 Å². The minimum absolute atomic E-state index is 0.224. The molecule has 0 aliphatic rings. The first kappa shape index (κ1) is 13.9. The van der Waals surface area contributed by atoms with E-state index in [4.69, 9.17) is 5.11 Å². The fourth-order valence-electron chi connectivity index (χ4n) is 1.87. The fourth-order valence-corrected chi connectivity index (χ4v) is 1.87. The van der Waals surface area contributed by atoms with Gasteiger partial charge in [-0.05, 0) is 36.2 Å². The van der Waals surface area contributed by atoms with E-state index < -0.39 is 17.7 Å². The lowest BCUT2D eigenvalue weighted by atomic mass is 9.97. The van der Waals surface area contributed by atoms with Gasteiger partial charge in [-0.25, -0.2) is 4.39 Å². The lowest BCUT2D eigenvalue weighted by Gasteiger charge is -2.10. The lowest BCUT2D eigenvalue weighted by Crippen LogP contribution is -2.07. The Labute approximate surface area is 114 Å². The van der Waals surface area contributed by atoms with Crippen LogP contribution in [-0.2, 0) is 4.79 Å². The van der Waals surface area contributed by atoms with Crippen LogP contribution in [0.5, 0.6) is 11.5 Å². The zero-order valence-electron chi connectivity index (χ0n) is 10.7. The summed E-state index contributed by atoms with van der Waals surface area (Å²) in [5.41, 5.74) is 0.982. The number of hydrogen-bond acceptors (Lipinski definition) is 3. The molecule has 0 heterocycles. The summed E-state index contributed by atoms with van der Waals surface area (Å²) in [7, 11) is 0. The van der Waals surface area contributed by atoms with Gasteiger partial charge in [-0.1, -0.05) is 18.2 Å². The van der Waals surface area contributed by atoms with E-state index in [2.05, 4.69) is 0 Å². The van der Waals surface area contributed by atoms with Gasteiger partial charge in [0.1, 0.15) is 5.82 Å². The topological polar surface area (TPSA) is 77.8 Å². The van der Waals surface area contributed by atoms with E-state index in [0.717, 1.165) is 6.07 Å². The van der Waals surface area contributed by atoms with Crippen LogP contribution >= 0.6 is 0 Å². The van der Waals surface area contributed by atoms with Crippen LogP contribution in [0.25, 0.3) is 11.1 Å². The average Bonchev–Trinajstić information content (AvgIpc) is 2.41. The highest BCUT2D eigenvalue weighted by Gasteiger charge is 2.16. The van der Waals surface area contributed by atoms with Crippen molar-refractivity contribution in [3.05, 3.63) is 47.8 Å². The van der Waals surface area contributed by atoms with Crippen molar-refractivity contribution in [3.63, 3.8) is 0 Å². The van der Waals surface area contributed by atoms with E-state index in [9.17, 15) is 19.4 Å². The fraction of sp³-hybridized carbons (Fsp3) is 0.133. The first-order valence-electron chi connectivity index (χ1n) is 5.94. The minimum atomic E-state index is -1.03. The Kier molecular flexibility index (Phi) is 3.61. The van der Waals surface area contributed by atoms with E-state index in [1.807, 2.05) is 0 Å². The molecule has 3 N–H and O–H groups in total. The Morgan fingerprint density at radius 3 is 2.35 bits per heavy atom. The molecule has 0 aromatic heterocycles. The Bertz CT molecular complexity index is 667. The Morgan fingerprint density at radius 1 is 1.10 bits per heavy atom. The smallest absolute Gasteiger partial charge is 0.310 e. The van der Waals surface area contributed by atoms with Crippen LogP contribution in [0.4, 0.5) is 4.39 Å². The molecule has 0 saturated carbocycles. The number of benzene rings is 2. The molecule has 0 bridgehead atoms. The third kappa shape index (κ3) is 2.56. The highest BCUT2D eigenvalue weighted by molar-refractivity contribution is 5.76. The summed E-state index contributed by atoms with van der Waals surface area (Å²) in [5, 5.41) is 27.5. The molecule has 0 unspecified atom stereocenters. The Morgan fingerprint density at radius 2 is 1.80 bits per heavy atom. The second-order valence-corrected chi connectivity index (χ2v) is 4.50. The summed E-state index contributed by atoms with van der Waals surface area (Å²) >= 11 is 0. The van der Waals surface area contributed by atoms with E-state index >= 15 is 0 Å². The lowest BCUT2D eigenvalue weighted by molar-refractivity contribution is -0.138. The Balaban J connectivity index is 2.44. The van der Waals surface area contributed by atoms with Gasteiger partial charge in [0, 0.05) is 5.56 Å². The van der Waals surface area contributed by atoms with Crippen LogP contribution in [0.2, 0.25) is 0 Å². The average molecular weight is 276 g/mol. The normalized spacial score (nSPS) is 12.1. The number of rotatable bonds is 3. The molecule has 2 aromatic carbocycles. The molecule has 20 heavy (non-hydrogen) atoms. The maximum Gasteiger partial charge on any atom is 0.310 e. The van der Waals surface area contributed by atoms with Crippen molar-refractivity contribution >= 4 is 5.97 Å². The molecule has 0 aliphatic heterocycles. The van der Waals surface area contributed by atoms with Crippen molar-refractivity contribution in [3.8, 4) is 22.6 Å². The molecule has 0 saturated heterocycles. The maximum atomic E-state index is 14.1. The van der Waals surface area contributed by atoms with Gasteiger partial charge in [-0.2, -0.15) is 0 Å². The number of aliphatic carboxylic acids is 1. The van der Waals surface area contributed by atoms with Crippen LogP contribution in [-0.4, -0.2) is 21.3 Å². The molecule has 1 atom stereocenters. The third-order valence-corrected chi connectivity index (χ3v) is 3.15. The Hall–Kier alpha value is -2.56. The highest BCUT2D eigenvalue weighted by atomic mass is 19.1. The van der Waals surface area contributed by atoms with Crippen molar-refractivity contribution < 1.29 is 24.5 Å². The molecular weight excluding hydrogens is 263 g/mol. The van der Waals surface area contributed by atoms with Gasteiger partial charge >= 0.3 is 5.97 Å². The van der Waals surface area contributed by atoms with Gasteiger partial charge in [0.2, 0.25) is 0 Å². The molecule has 2 aromatic rings. The van der Waals surface area contributed by atoms with Crippen molar-refractivity contribution in [2.75, 3.05) is 0 Å². The van der Waals surface area contributed by atoms with Gasteiger partial charge in [0.25, 0.3) is 0 Å².